The molecule has 1 rings (SSSR count). The molecule has 1 aromatic rings. The molecule has 0 aliphatic heterocycles. The van der Waals surface area contributed by atoms with Gasteiger partial charge in [0.1, 0.15) is 10.7 Å². The Balaban J connectivity index is 3.08. The average molecular weight is 314 g/mol. The lowest BCUT2D eigenvalue weighted by Gasteiger charge is -2.19. The van der Waals surface area contributed by atoms with Gasteiger partial charge in [0.05, 0.1) is 6.42 Å². The van der Waals surface area contributed by atoms with E-state index in [0.29, 0.717) is 9.87 Å². The van der Waals surface area contributed by atoms with Crippen LogP contribution in [0.15, 0.2) is 17.0 Å². The van der Waals surface area contributed by atoms with E-state index < -0.39 is 39.9 Å². The maximum Gasteiger partial charge on any atom is 0.390 e. The van der Waals surface area contributed by atoms with Crippen LogP contribution in [-0.2, 0) is 10.0 Å². The lowest BCUT2D eigenvalue weighted by atomic mass is 10.2. The highest BCUT2D eigenvalue weighted by atomic mass is 32.2. The molecule has 9 heteroatoms. The van der Waals surface area contributed by atoms with Gasteiger partial charge in [-0.3, -0.25) is 0 Å². The molecule has 0 saturated heterocycles. The maximum absolute atomic E-state index is 13.7. The minimum Gasteiger partial charge on any atom is -0.398 e. The lowest BCUT2D eigenvalue weighted by molar-refractivity contribution is -0.135. The predicted molar refractivity (Wildman–Crippen MR) is 66.0 cm³/mol. The van der Waals surface area contributed by atoms with Crippen molar-refractivity contribution in [3.05, 3.63) is 23.5 Å². The lowest BCUT2D eigenvalue weighted by Crippen LogP contribution is -2.31. The van der Waals surface area contributed by atoms with Crippen molar-refractivity contribution in [2.75, 3.05) is 19.3 Å². The van der Waals surface area contributed by atoms with Crippen molar-refractivity contribution in [2.24, 2.45) is 0 Å². The SMILES string of the molecule is Cc1cc(F)c(S(=O)(=O)N(C)CCC(F)(F)F)cc1N. The van der Waals surface area contributed by atoms with Gasteiger partial charge in [-0.25, -0.2) is 17.1 Å². The predicted octanol–water partition coefficient (Wildman–Crippen LogP) is 2.29. The Morgan fingerprint density at radius 3 is 2.35 bits per heavy atom. The number of anilines is 1. The summed E-state index contributed by atoms with van der Waals surface area (Å²) in [5.41, 5.74) is 5.90. The zero-order valence-electron chi connectivity index (χ0n) is 10.8. The summed E-state index contributed by atoms with van der Waals surface area (Å²) in [4.78, 5) is -0.731. The van der Waals surface area contributed by atoms with Gasteiger partial charge >= 0.3 is 6.18 Å². The molecule has 0 saturated carbocycles. The molecule has 0 radical (unpaired) electrons. The van der Waals surface area contributed by atoms with E-state index in [1.807, 2.05) is 0 Å². The zero-order valence-corrected chi connectivity index (χ0v) is 11.6. The summed E-state index contributed by atoms with van der Waals surface area (Å²) in [6.07, 6.45) is -5.81. The molecule has 0 heterocycles. The monoisotopic (exact) mass is 314 g/mol. The topological polar surface area (TPSA) is 63.4 Å². The van der Waals surface area contributed by atoms with Crippen molar-refractivity contribution in [2.45, 2.75) is 24.4 Å². The van der Waals surface area contributed by atoms with Gasteiger partial charge in [-0.1, -0.05) is 0 Å². The molecule has 0 unspecified atom stereocenters. The molecule has 0 atom stereocenters. The minimum absolute atomic E-state index is 0.0502. The fourth-order valence-electron chi connectivity index (χ4n) is 1.44. The fraction of sp³-hybridized carbons (Fsp3) is 0.455. The molecule has 0 aliphatic rings. The van der Waals surface area contributed by atoms with E-state index >= 15 is 0 Å². The van der Waals surface area contributed by atoms with Crippen LogP contribution >= 0.6 is 0 Å². The first kappa shape index (κ1) is 16.7. The molecule has 0 fully saturated rings. The Labute approximate surface area is 114 Å². The Hall–Kier alpha value is -1.35. The van der Waals surface area contributed by atoms with Gasteiger partial charge < -0.3 is 5.73 Å². The van der Waals surface area contributed by atoms with Gasteiger partial charge in [0, 0.05) is 19.3 Å². The van der Waals surface area contributed by atoms with Crippen LogP contribution in [0.2, 0.25) is 0 Å². The summed E-state index contributed by atoms with van der Waals surface area (Å²) < 4.78 is 74.4. The van der Waals surface area contributed by atoms with Crippen molar-refractivity contribution in [1.29, 1.82) is 0 Å². The third-order valence-corrected chi connectivity index (χ3v) is 4.59. The molecule has 0 bridgehead atoms. The number of aryl methyl sites for hydroxylation is 1. The molecule has 0 aliphatic carbocycles. The van der Waals surface area contributed by atoms with E-state index in [1.54, 1.807) is 0 Å². The first-order valence-corrected chi connectivity index (χ1v) is 6.98. The summed E-state index contributed by atoms with van der Waals surface area (Å²) in [7, 11) is -3.40. The van der Waals surface area contributed by atoms with E-state index in [1.165, 1.54) is 6.92 Å². The highest BCUT2D eigenvalue weighted by Crippen LogP contribution is 2.25. The van der Waals surface area contributed by atoms with Crippen LogP contribution in [0.1, 0.15) is 12.0 Å². The van der Waals surface area contributed by atoms with Crippen LogP contribution in [0.4, 0.5) is 23.2 Å². The van der Waals surface area contributed by atoms with Crippen LogP contribution in [-0.4, -0.2) is 32.5 Å². The van der Waals surface area contributed by atoms with E-state index in [4.69, 9.17) is 5.73 Å². The average Bonchev–Trinajstić information content (AvgIpc) is 2.29. The number of sulfonamides is 1. The number of nitrogens with two attached hydrogens (primary N) is 1. The Bertz CT molecular complexity index is 599. The molecule has 0 aromatic heterocycles. The number of nitrogens with zero attached hydrogens (tertiary/aromatic N) is 1. The highest BCUT2D eigenvalue weighted by molar-refractivity contribution is 7.89. The van der Waals surface area contributed by atoms with Gasteiger partial charge in [-0.05, 0) is 24.6 Å². The largest absolute Gasteiger partial charge is 0.398 e. The third kappa shape index (κ3) is 3.83. The summed E-state index contributed by atoms with van der Waals surface area (Å²) in [6.45, 7) is 0.696. The van der Waals surface area contributed by atoms with Crippen LogP contribution in [0.5, 0.6) is 0 Å². The van der Waals surface area contributed by atoms with Gasteiger partial charge in [-0.2, -0.15) is 13.2 Å². The number of alkyl halides is 3. The number of hydrogen-bond acceptors (Lipinski definition) is 3. The van der Waals surface area contributed by atoms with Crippen LogP contribution in [0, 0.1) is 12.7 Å². The smallest absolute Gasteiger partial charge is 0.390 e. The van der Waals surface area contributed by atoms with E-state index in [2.05, 4.69) is 0 Å². The molecule has 4 nitrogen and oxygen atoms in total. The van der Waals surface area contributed by atoms with E-state index in [-0.39, 0.29) is 5.69 Å². The van der Waals surface area contributed by atoms with Gasteiger partial charge in [0.15, 0.2) is 0 Å². The number of rotatable bonds is 4. The summed E-state index contributed by atoms with van der Waals surface area (Å²) in [5, 5.41) is 0. The Kier molecular flexibility index (Phi) is 4.65. The summed E-state index contributed by atoms with van der Waals surface area (Å²) in [5.74, 6) is -1.05. The van der Waals surface area contributed by atoms with Crippen molar-refractivity contribution < 1.29 is 26.0 Å². The van der Waals surface area contributed by atoms with Crippen molar-refractivity contribution in [3.63, 3.8) is 0 Å². The number of nitrogen functional groups attached to an aromatic ring is 1. The third-order valence-electron chi connectivity index (χ3n) is 2.72. The zero-order chi connectivity index (χ0) is 15.7. The Morgan fingerprint density at radius 2 is 1.85 bits per heavy atom. The second kappa shape index (κ2) is 5.57. The number of hydrogen-bond donors (Lipinski definition) is 1. The fourth-order valence-corrected chi connectivity index (χ4v) is 2.69. The van der Waals surface area contributed by atoms with Crippen LogP contribution in [0.25, 0.3) is 0 Å². The minimum atomic E-state index is -4.49. The normalized spacial score (nSPS) is 12.9. The molecule has 0 spiro atoms. The molecule has 1 aromatic carbocycles. The molecule has 0 amide bonds. The molecular weight excluding hydrogens is 300 g/mol. The van der Waals surface area contributed by atoms with E-state index in [0.717, 1.165) is 19.2 Å². The number of halogens is 4. The summed E-state index contributed by atoms with van der Waals surface area (Å²) in [6, 6.07) is 1.84. The number of benzene rings is 1. The first-order chi connectivity index (χ1) is 8.95. The molecular formula is C11H14F4N2O2S. The summed E-state index contributed by atoms with van der Waals surface area (Å²) >= 11 is 0. The second-order valence-corrected chi connectivity index (χ2v) is 6.34. The van der Waals surface area contributed by atoms with Gasteiger partial charge in [-0.15, -0.1) is 0 Å². The first-order valence-electron chi connectivity index (χ1n) is 5.54. The molecule has 114 valence electrons. The molecule has 2 N–H and O–H groups in total. The van der Waals surface area contributed by atoms with Crippen molar-refractivity contribution in [3.8, 4) is 0 Å². The van der Waals surface area contributed by atoms with Gasteiger partial charge in [0.25, 0.3) is 0 Å². The maximum atomic E-state index is 13.7. The van der Waals surface area contributed by atoms with Crippen LogP contribution in [0.3, 0.4) is 0 Å². The quantitative estimate of drug-likeness (QED) is 0.685. The highest BCUT2D eigenvalue weighted by Gasteiger charge is 2.31. The van der Waals surface area contributed by atoms with Crippen molar-refractivity contribution in [1.82, 2.24) is 4.31 Å². The second-order valence-electron chi connectivity index (χ2n) is 4.33. The Morgan fingerprint density at radius 1 is 1.30 bits per heavy atom. The standard InChI is InChI=1S/C11H14F4N2O2S/c1-7-5-8(12)10(6-9(7)16)20(18,19)17(2)4-3-11(13,14)15/h5-6H,3-4,16H2,1-2H3. The van der Waals surface area contributed by atoms with Crippen molar-refractivity contribution >= 4 is 15.7 Å². The van der Waals surface area contributed by atoms with E-state index in [9.17, 15) is 26.0 Å². The van der Waals surface area contributed by atoms with Crippen LogP contribution < -0.4 is 5.73 Å². The van der Waals surface area contributed by atoms with Gasteiger partial charge in [0.2, 0.25) is 10.0 Å². The molecule has 20 heavy (non-hydrogen) atoms.